The van der Waals surface area contributed by atoms with E-state index in [4.69, 9.17) is 4.74 Å². The van der Waals surface area contributed by atoms with Gasteiger partial charge in [0.15, 0.2) is 5.78 Å². The second-order valence-corrected chi connectivity index (χ2v) is 12.9. The first kappa shape index (κ1) is 23.5. The van der Waals surface area contributed by atoms with Gasteiger partial charge in [-0.05, 0) is 63.8 Å². The van der Waals surface area contributed by atoms with E-state index < -0.39 is 11.3 Å². The Morgan fingerprint density at radius 2 is 1.83 bits per heavy atom. The predicted molar refractivity (Wildman–Crippen MR) is 144 cm³/mol. The Morgan fingerprint density at radius 3 is 2.50 bits per heavy atom. The van der Waals surface area contributed by atoms with Crippen LogP contribution in [0.25, 0.3) is 10.8 Å². The summed E-state index contributed by atoms with van der Waals surface area (Å²) in [4.78, 5) is 27.1. The molecule has 1 heterocycles. The lowest BCUT2D eigenvalue weighted by Gasteiger charge is -2.44. The number of carbonyl (C=O) groups excluding carboxylic acids is 2. The van der Waals surface area contributed by atoms with Gasteiger partial charge in [-0.2, -0.15) is 0 Å². The van der Waals surface area contributed by atoms with Crippen molar-refractivity contribution in [2.75, 3.05) is 12.4 Å². The standard InChI is InChI=1S/C32H37NO3/c1-30(2)17-24(34)26-22(16-20-15-19-13-14-32(20,5)31(19,3)4)25-21-10-8-7-9-18(21)11-12-23(25)33-28(26)27(30)29(35)36-6/h7-12,16,19,22,27,33H,13-15,17H2,1-6H3/t19?,22-,27+,32?/m1/s1. The Kier molecular flexibility index (Phi) is 4.94. The van der Waals surface area contributed by atoms with E-state index in [1.54, 1.807) is 0 Å². The topological polar surface area (TPSA) is 55.4 Å². The van der Waals surface area contributed by atoms with Crippen LogP contribution in [0, 0.1) is 28.1 Å². The van der Waals surface area contributed by atoms with E-state index in [0.717, 1.165) is 39.7 Å². The number of fused-ring (bicyclic) bond motifs is 5. The van der Waals surface area contributed by atoms with Gasteiger partial charge in [-0.3, -0.25) is 9.59 Å². The molecule has 3 aliphatic carbocycles. The molecule has 0 saturated heterocycles. The average Bonchev–Trinajstić information content (AvgIpc) is 3.16. The zero-order valence-electron chi connectivity index (χ0n) is 22.3. The van der Waals surface area contributed by atoms with Gasteiger partial charge in [-0.1, -0.05) is 76.6 Å². The van der Waals surface area contributed by atoms with Crippen molar-refractivity contribution >= 4 is 28.2 Å². The molecule has 2 fully saturated rings. The molecule has 2 aromatic rings. The zero-order valence-corrected chi connectivity index (χ0v) is 22.3. The van der Waals surface area contributed by atoms with Gasteiger partial charge < -0.3 is 10.1 Å². The molecule has 0 amide bonds. The minimum Gasteiger partial charge on any atom is -0.468 e. The summed E-state index contributed by atoms with van der Waals surface area (Å²) in [6, 6.07) is 12.7. The van der Waals surface area contributed by atoms with Gasteiger partial charge in [0.2, 0.25) is 0 Å². The van der Waals surface area contributed by atoms with E-state index in [0.29, 0.717) is 12.3 Å². The molecule has 4 aliphatic rings. The number of rotatable bonds is 2. The number of allylic oxidation sites excluding steroid dienone is 3. The highest BCUT2D eigenvalue weighted by atomic mass is 16.5. The fraction of sp³-hybridized carbons (Fsp3) is 0.500. The highest BCUT2D eigenvalue weighted by Crippen LogP contribution is 2.68. The summed E-state index contributed by atoms with van der Waals surface area (Å²) in [5.41, 5.74) is 4.97. The first-order chi connectivity index (χ1) is 17.0. The second-order valence-electron chi connectivity index (χ2n) is 12.9. The number of methoxy groups -OCH3 is 1. The molecule has 2 bridgehead atoms. The monoisotopic (exact) mass is 483 g/mol. The van der Waals surface area contributed by atoms with Gasteiger partial charge in [0.25, 0.3) is 0 Å². The molecule has 4 atom stereocenters. The van der Waals surface area contributed by atoms with E-state index in [-0.39, 0.29) is 28.5 Å². The Balaban J connectivity index is 1.63. The Hall–Kier alpha value is -2.88. The molecule has 4 heteroatoms. The maximum atomic E-state index is 13.9. The van der Waals surface area contributed by atoms with Gasteiger partial charge in [0.05, 0.1) is 7.11 Å². The van der Waals surface area contributed by atoms with Crippen LogP contribution < -0.4 is 5.32 Å². The third-order valence-electron chi connectivity index (χ3n) is 10.6. The molecular weight excluding hydrogens is 446 g/mol. The minimum absolute atomic E-state index is 0.132. The number of benzene rings is 2. The SMILES string of the molecule is COC(=O)[C@@H]1C2=C(C(=O)CC1(C)C)[C@H](C=C1CC3CCC1(C)C3(C)C)c1c(ccc3ccccc13)N2. The van der Waals surface area contributed by atoms with Crippen molar-refractivity contribution in [2.24, 2.45) is 28.1 Å². The smallest absolute Gasteiger partial charge is 0.315 e. The van der Waals surface area contributed by atoms with Crippen molar-refractivity contribution in [1.29, 1.82) is 0 Å². The molecule has 2 aromatic carbocycles. The van der Waals surface area contributed by atoms with E-state index >= 15 is 0 Å². The third-order valence-corrected chi connectivity index (χ3v) is 10.6. The van der Waals surface area contributed by atoms with Gasteiger partial charge in [-0.15, -0.1) is 0 Å². The van der Waals surface area contributed by atoms with Crippen LogP contribution in [0.15, 0.2) is 59.3 Å². The summed E-state index contributed by atoms with van der Waals surface area (Å²) in [5, 5.41) is 5.91. The summed E-state index contributed by atoms with van der Waals surface area (Å²) in [5.74, 6) is -0.158. The quantitative estimate of drug-likeness (QED) is 0.364. The van der Waals surface area contributed by atoms with Crippen molar-refractivity contribution in [2.45, 2.75) is 66.2 Å². The fourth-order valence-corrected chi connectivity index (χ4v) is 8.01. The summed E-state index contributed by atoms with van der Waals surface area (Å²) in [6.45, 7) is 11.3. The highest BCUT2D eigenvalue weighted by molar-refractivity contribution is 6.06. The van der Waals surface area contributed by atoms with Gasteiger partial charge in [-0.25, -0.2) is 0 Å². The Labute approximate surface area is 214 Å². The number of anilines is 1. The fourth-order valence-electron chi connectivity index (χ4n) is 8.01. The van der Waals surface area contributed by atoms with Crippen LogP contribution in [0.1, 0.15) is 71.8 Å². The first-order valence-corrected chi connectivity index (χ1v) is 13.3. The molecule has 188 valence electrons. The van der Waals surface area contributed by atoms with E-state index in [1.165, 1.54) is 25.5 Å². The maximum absolute atomic E-state index is 13.9. The van der Waals surface area contributed by atoms with Gasteiger partial charge in [0.1, 0.15) is 5.92 Å². The lowest BCUT2D eigenvalue weighted by molar-refractivity contribution is -0.148. The van der Waals surface area contributed by atoms with Crippen molar-refractivity contribution in [3.8, 4) is 0 Å². The van der Waals surface area contributed by atoms with Crippen LogP contribution in [-0.2, 0) is 14.3 Å². The number of hydrogen-bond acceptors (Lipinski definition) is 4. The van der Waals surface area contributed by atoms with Crippen LogP contribution in [0.2, 0.25) is 0 Å². The number of hydrogen-bond donors (Lipinski definition) is 1. The van der Waals surface area contributed by atoms with Crippen molar-refractivity contribution < 1.29 is 14.3 Å². The van der Waals surface area contributed by atoms with Crippen LogP contribution in [0.4, 0.5) is 5.69 Å². The Bertz CT molecular complexity index is 1380. The minimum atomic E-state index is -0.525. The normalized spacial score (nSPS) is 32.9. The molecular formula is C32H37NO3. The summed E-state index contributed by atoms with van der Waals surface area (Å²) in [7, 11) is 1.44. The number of esters is 1. The van der Waals surface area contributed by atoms with Crippen LogP contribution in [-0.4, -0.2) is 18.9 Å². The van der Waals surface area contributed by atoms with Crippen LogP contribution >= 0.6 is 0 Å². The number of Topliss-reactive ketones (excluding diaryl/α,β-unsaturated/α-hetero) is 1. The van der Waals surface area contributed by atoms with E-state index in [1.807, 2.05) is 13.8 Å². The number of ketones is 1. The van der Waals surface area contributed by atoms with E-state index in [2.05, 4.69) is 68.6 Å². The van der Waals surface area contributed by atoms with Crippen LogP contribution in [0.3, 0.4) is 0 Å². The lowest BCUT2D eigenvalue weighted by atomic mass is 9.63. The summed E-state index contributed by atoms with van der Waals surface area (Å²) >= 11 is 0. The molecule has 6 rings (SSSR count). The number of carbonyl (C=O) groups is 2. The molecule has 36 heavy (non-hydrogen) atoms. The first-order valence-electron chi connectivity index (χ1n) is 13.3. The van der Waals surface area contributed by atoms with Crippen molar-refractivity contribution in [3.05, 3.63) is 64.9 Å². The summed E-state index contributed by atoms with van der Waals surface area (Å²) < 4.78 is 5.28. The molecule has 0 aromatic heterocycles. The number of nitrogens with one attached hydrogen (secondary N) is 1. The Morgan fingerprint density at radius 1 is 1.08 bits per heavy atom. The average molecular weight is 484 g/mol. The molecule has 0 spiro atoms. The van der Waals surface area contributed by atoms with Crippen molar-refractivity contribution in [1.82, 2.24) is 0 Å². The molecule has 1 N–H and O–H groups in total. The van der Waals surface area contributed by atoms with Gasteiger partial charge >= 0.3 is 5.97 Å². The van der Waals surface area contributed by atoms with Crippen LogP contribution in [0.5, 0.6) is 0 Å². The highest BCUT2D eigenvalue weighted by Gasteiger charge is 2.59. The van der Waals surface area contributed by atoms with E-state index in [9.17, 15) is 9.59 Å². The maximum Gasteiger partial charge on any atom is 0.315 e. The van der Waals surface area contributed by atoms with Crippen molar-refractivity contribution in [3.63, 3.8) is 0 Å². The zero-order chi connectivity index (χ0) is 25.6. The second kappa shape index (κ2) is 7.57. The molecule has 2 unspecified atom stereocenters. The summed E-state index contributed by atoms with van der Waals surface area (Å²) in [6.07, 6.45) is 6.32. The molecule has 4 nitrogen and oxygen atoms in total. The molecule has 1 aliphatic heterocycles. The lowest BCUT2D eigenvalue weighted by Crippen LogP contribution is -2.44. The predicted octanol–water partition coefficient (Wildman–Crippen LogP) is 7.16. The van der Waals surface area contributed by atoms with Gasteiger partial charge in [0, 0.05) is 29.3 Å². The third kappa shape index (κ3) is 2.99. The molecule has 0 radical (unpaired) electrons. The largest absolute Gasteiger partial charge is 0.468 e. The number of ether oxygens (including phenoxy) is 1. The molecule has 2 saturated carbocycles.